The summed E-state index contributed by atoms with van der Waals surface area (Å²) in [5, 5.41) is 20.0. The molecule has 1 amide bonds. The van der Waals surface area contributed by atoms with E-state index in [1.165, 1.54) is 16.8 Å². The Morgan fingerprint density at radius 1 is 1.43 bits per heavy atom. The van der Waals surface area contributed by atoms with Crippen molar-refractivity contribution in [2.75, 3.05) is 0 Å². The molecule has 1 aromatic rings. The van der Waals surface area contributed by atoms with Crippen LogP contribution in [0.4, 0.5) is 5.69 Å². The van der Waals surface area contributed by atoms with Crippen molar-refractivity contribution in [1.82, 2.24) is 9.47 Å². The number of hydrogen-bond donors (Lipinski definition) is 1. The molecule has 2 fully saturated rings. The van der Waals surface area contributed by atoms with Gasteiger partial charge in [0.1, 0.15) is 5.69 Å². The molecule has 2 aliphatic rings. The monoisotopic (exact) mass is 293 g/mol. The Labute approximate surface area is 120 Å². The zero-order valence-electron chi connectivity index (χ0n) is 11.4. The molecule has 1 N–H and O–H groups in total. The van der Waals surface area contributed by atoms with Gasteiger partial charge in [0.15, 0.2) is 0 Å². The first-order chi connectivity index (χ1) is 9.90. The van der Waals surface area contributed by atoms with E-state index in [2.05, 4.69) is 0 Å². The number of nitrogens with zero attached hydrogens (tertiary/aromatic N) is 3. The van der Waals surface area contributed by atoms with Gasteiger partial charge >= 0.3 is 5.97 Å². The molecule has 2 bridgehead atoms. The highest BCUT2D eigenvalue weighted by Gasteiger charge is 2.51. The fourth-order valence-corrected chi connectivity index (χ4v) is 3.56. The smallest absolute Gasteiger partial charge is 0.308 e. The minimum absolute atomic E-state index is 0.0717. The van der Waals surface area contributed by atoms with Gasteiger partial charge in [-0.3, -0.25) is 19.7 Å². The van der Waals surface area contributed by atoms with Crippen LogP contribution >= 0.6 is 0 Å². The molecule has 0 saturated carbocycles. The van der Waals surface area contributed by atoms with Crippen LogP contribution in [0.2, 0.25) is 0 Å². The van der Waals surface area contributed by atoms with E-state index in [9.17, 15) is 24.8 Å². The van der Waals surface area contributed by atoms with Gasteiger partial charge in [-0.05, 0) is 19.3 Å². The number of carbonyl (C=O) groups excluding carboxylic acids is 1. The number of carboxylic acids is 1. The number of fused-ring (bicyclic) bond motifs is 2. The molecule has 0 aliphatic carbocycles. The van der Waals surface area contributed by atoms with Gasteiger partial charge in [-0.15, -0.1) is 0 Å². The van der Waals surface area contributed by atoms with Crippen molar-refractivity contribution in [1.29, 1.82) is 0 Å². The van der Waals surface area contributed by atoms with E-state index >= 15 is 0 Å². The fourth-order valence-electron chi connectivity index (χ4n) is 3.56. The van der Waals surface area contributed by atoms with E-state index in [0.29, 0.717) is 12.8 Å². The van der Waals surface area contributed by atoms with Crippen LogP contribution in [0.3, 0.4) is 0 Å². The lowest BCUT2D eigenvalue weighted by Crippen LogP contribution is -2.38. The summed E-state index contributed by atoms with van der Waals surface area (Å²) in [6.07, 6.45) is 3.24. The third-order valence-electron chi connectivity index (χ3n) is 4.51. The van der Waals surface area contributed by atoms with Crippen LogP contribution in [0.1, 0.15) is 29.8 Å². The van der Waals surface area contributed by atoms with E-state index in [1.807, 2.05) is 0 Å². The molecule has 2 saturated heterocycles. The molecule has 0 spiro atoms. The molecule has 2 aliphatic heterocycles. The van der Waals surface area contributed by atoms with E-state index in [4.69, 9.17) is 0 Å². The Morgan fingerprint density at radius 2 is 2.14 bits per heavy atom. The Bertz CT molecular complexity index is 638. The quantitative estimate of drug-likeness (QED) is 0.661. The summed E-state index contributed by atoms with van der Waals surface area (Å²) < 4.78 is 1.42. The van der Waals surface area contributed by atoms with Crippen LogP contribution in [-0.2, 0) is 11.8 Å². The maximum Gasteiger partial charge on any atom is 0.308 e. The number of carbonyl (C=O) groups is 2. The lowest BCUT2D eigenvalue weighted by Gasteiger charge is -2.23. The zero-order valence-corrected chi connectivity index (χ0v) is 11.4. The van der Waals surface area contributed by atoms with Gasteiger partial charge in [-0.25, -0.2) is 0 Å². The molecule has 112 valence electrons. The average molecular weight is 293 g/mol. The van der Waals surface area contributed by atoms with Crippen LogP contribution in [0.5, 0.6) is 0 Å². The second-order valence-corrected chi connectivity index (χ2v) is 5.64. The summed E-state index contributed by atoms with van der Waals surface area (Å²) in [7, 11) is 1.58. The highest BCUT2D eigenvalue weighted by molar-refractivity contribution is 5.95. The lowest BCUT2D eigenvalue weighted by molar-refractivity contribution is -0.384. The van der Waals surface area contributed by atoms with Crippen molar-refractivity contribution in [3.63, 3.8) is 0 Å². The van der Waals surface area contributed by atoms with Crippen molar-refractivity contribution in [2.45, 2.75) is 31.3 Å². The number of carboxylic acid groups (broad SMARTS) is 1. The average Bonchev–Trinajstić information content (AvgIpc) is 3.09. The SMILES string of the molecule is Cn1cc([N+](=O)[O-])cc1C(=O)N1C2CCC1C(C(=O)O)C2. The number of rotatable bonds is 3. The second kappa shape index (κ2) is 4.57. The van der Waals surface area contributed by atoms with Gasteiger partial charge in [0, 0.05) is 25.2 Å². The Balaban J connectivity index is 1.90. The number of hydrogen-bond acceptors (Lipinski definition) is 4. The summed E-state index contributed by atoms with van der Waals surface area (Å²) in [5.74, 6) is -1.72. The van der Waals surface area contributed by atoms with E-state index < -0.39 is 16.8 Å². The van der Waals surface area contributed by atoms with Crippen LogP contribution in [0, 0.1) is 16.0 Å². The van der Waals surface area contributed by atoms with Crippen molar-refractivity contribution >= 4 is 17.6 Å². The van der Waals surface area contributed by atoms with Gasteiger partial charge in [0.05, 0.1) is 17.0 Å². The largest absolute Gasteiger partial charge is 0.481 e. The first-order valence-corrected chi connectivity index (χ1v) is 6.76. The molecule has 8 heteroatoms. The maximum absolute atomic E-state index is 12.6. The number of nitro groups is 1. The Hall–Kier alpha value is -2.38. The molecule has 21 heavy (non-hydrogen) atoms. The fraction of sp³-hybridized carbons (Fsp3) is 0.538. The van der Waals surface area contributed by atoms with Gasteiger partial charge in [0.25, 0.3) is 11.6 Å². The third-order valence-corrected chi connectivity index (χ3v) is 4.51. The molecule has 3 rings (SSSR count). The predicted molar refractivity (Wildman–Crippen MR) is 70.8 cm³/mol. The predicted octanol–water partition coefficient (Wildman–Crippen LogP) is 1.01. The van der Waals surface area contributed by atoms with Crippen LogP contribution in [-0.4, -0.2) is 43.5 Å². The van der Waals surface area contributed by atoms with Gasteiger partial charge in [-0.1, -0.05) is 0 Å². The van der Waals surface area contributed by atoms with E-state index in [0.717, 1.165) is 6.42 Å². The minimum atomic E-state index is -0.877. The maximum atomic E-state index is 12.6. The molecule has 0 radical (unpaired) electrons. The van der Waals surface area contributed by atoms with E-state index in [-0.39, 0.29) is 29.4 Å². The third kappa shape index (κ3) is 1.98. The van der Waals surface area contributed by atoms with E-state index in [1.54, 1.807) is 11.9 Å². The molecule has 8 nitrogen and oxygen atoms in total. The molecule has 0 aromatic carbocycles. The van der Waals surface area contributed by atoms with Crippen molar-refractivity contribution < 1.29 is 19.6 Å². The standard InChI is InChI=1S/C13H15N3O5/c1-14-6-8(16(20)21)5-11(14)12(17)15-7-2-3-10(15)9(4-7)13(18)19/h5-7,9-10H,2-4H2,1H3,(H,18,19). The Morgan fingerprint density at radius 3 is 2.67 bits per heavy atom. The molecule has 3 heterocycles. The van der Waals surface area contributed by atoms with Crippen LogP contribution < -0.4 is 0 Å². The molecular formula is C13H15N3O5. The Kier molecular flexibility index (Phi) is 2.96. The molecule has 1 aromatic heterocycles. The number of aryl methyl sites for hydroxylation is 1. The number of aliphatic carboxylic acids is 1. The summed E-state index contributed by atoms with van der Waals surface area (Å²) in [5.41, 5.74) is 0.0896. The first kappa shape index (κ1) is 13.6. The second-order valence-electron chi connectivity index (χ2n) is 5.64. The lowest BCUT2D eigenvalue weighted by atomic mass is 9.89. The number of aromatic nitrogens is 1. The first-order valence-electron chi connectivity index (χ1n) is 6.76. The van der Waals surface area contributed by atoms with Gasteiger partial charge in [-0.2, -0.15) is 0 Å². The summed E-state index contributed by atoms with van der Waals surface area (Å²) in [6.45, 7) is 0. The molecular weight excluding hydrogens is 278 g/mol. The van der Waals surface area contributed by atoms with Crippen molar-refractivity contribution in [3.8, 4) is 0 Å². The molecule has 3 atom stereocenters. The van der Waals surface area contributed by atoms with Crippen molar-refractivity contribution in [2.24, 2.45) is 13.0 Å². The van der Waals surface area contributed by atoms with Crippen LogP contribution in [0.25, 0.3) is 0 Å². The highest BCUT2D eigenvalue weighted by Crippen LogP contribution is 2.42. The summed E-state index contributed by atoms with van der Waals surface area (Å²) >= 11 is 0. The van der Waals surface area contributed by atoms with Gasteiger partial charge in [0.2, 0.25) is 0 Å². The highest BCUT2D eigenvalue weighted by atomic mass is 16.6. The zero-order chi connectivity index (χ0) is 15.3. The van der Waals surface area contributed by atoms with Crippen molar-refractivity contribution in [3.05, 3.63) is 28.1 Å². The topological polar surface area (TPSA) is 106 Å². The van der Waals surface area contributed by atoms with Crippen LogP contribution in [0.15, 0.2) is 12.3 Å². The summed E-state index contributed by atoms with van der Waals surface area (Å²) in [6, 6.07) is 0.877. The number of amides is 1. The molecule has 3 unspecified atom stereocenters. The summed E-state index contributed by atoms with van der Waals surface area (Å²) in [4.78, 5) is 35.7. The van der Waals surface area contributed by atoms with Gasteiger partial charge < -0.3 is 14.6 Å². The normalized spacial score (nSPS) is 27.1. The minimum Gasteiger partial charge on any atom is -0.481 e.